The normalized spacial score (nSPS) is 7.86. The Kier molecular flexibility index (Phi) is 1.58. The third-order valence-electron chi connectivity index (χ3n) is 0.663. The zero-order valence-electron chi connectivity index (χ0n) is 3.72. The minimum absolute atomic E-state index is 0.0310. The number of hydrogen-bond donors (Lipinski definition) is 0. The van der Waals surface area contributed by atoms with Gasteiger partial charge in [-0.1, -0.05) is 0 Å². The number of hydrogen-bond acceptors (Lipinski definition) is 0. The van der Waals surface area contributed by atoms with E-state index in [-0.39, 0.29) is 20.4 Å². The molecule has 0 aliphatic rings. The van der Waals surface area contributed by atoms with Gasteiger partial charge in [0.15, 0.2) is 0 Å². The van der Waals surface area contributed by atoms with E-state index in [1.807, 2.05) is 12.1 Å². The van der Waals surface area contributed by atoms with Crippen LogP contribution in [0.1, 0.15) is 3.58 Å². The molecule has 0 bridgehead atoms. The second kappa shape index (κ2) is 2.22. The van der Waals surface area contributed by atoms with Crippen LogP contribution in [0.3, 0.4) is 0 Å². The molecule has 0 aromatic carbocycles. The summed E-state index contributed by atoms with van der Waals surface area (Å²) in [7, 11) is 0. The van der Waals surface area contributed by atoms with Crippen molar-refractivity contribution in [3.63, 3.8) is 0 Å². The Hall–Kier alpha value is -0.170. The first-order valence-electron chi connectivity index (χ1n) is 1.93. The van der Waals surface area contributed by atoms with Gasteiger partial charge >= 0.3 is 52.6 Å². The van der Waals surface area contributed by atoms with E-state index >= 15 is 0 Å². The van der Waals surface area contributed by atoms with Crippen LogP contribution in [0.4, 0.5) is 0 Å². The Morgan fingerprint density at radius 1 is 1.71 bits per heavy atom. The second-order valence-electron chi connectivity index (χ2n) is 1.12. The van der Waals surface area contributed by atoms with Gasteiger partial charge in [0.2, 0.25) is 0 Å². The van der Waals surface area contributed by atoms with Crippen molar-refractivity contribution in [3.05, 3.63) is 19.8 Å². The van der Waals surface area contributed by atoms with Crippen molar-refractivity contribution >= 4 is 20.4 Å². The molecule has 0 aliphatic carbocycles. The molecule has 0 aliphatic heterocycles. The Morgan fingerprint density at radius 3 is 2.86 bits per heavy atom. The van der Waals surface area contributed by atoms with E-state index < -0.39 is 0 Å². The molecule has 0 fully saturated rings. The fourth-order valence-electron chi connectivity index (χ4n) is 0.361. The van der Waals surface area contributed by atoms with Crippen molar-refractivity contribution in [2.45, 2.75) is 0 Å². The summed E-state index contributed by atoms with van der Waals surface area (Å²) in [6, 6.07) is 4.06. The van der Waals surface area contributed by atoms with E-state index in [4.69, 9.17) is 6.42 Å². The molecule has 1 heterocycles. The molecule has 1 heteroatoms. The Labute approximate surface area is 52.8 Å². The fraction of sp³-hybridized carbons (Fsp3) is 0. The van der Waals surface area contributed by atoms with Gasteiger partial charge in [0.25, 0.3) is 0 Å². The quantitative estimate of drug-likeness (QED) is 0.431. The summed E-state index contributed by atoms with van der Waals surface area (Å²) in [5, 5.41) is 0. The summed E-state index contributed by atoms with van der Waals surface area (Å²) in [6.45, 7) is 0. The van der Waals surface area contributed by atoms with Gasteiger partial charge in [0.1, 0.15) is 0 Å². The molecule has 0 unspecified atom stereocenters. The average molecular weight is 204 g/mol. The standard InChI is InChI=1S/C6H4Te/c1-2-6-4-3-5-7-6/h1,3-5H. The summed E-state index contributed by atoms with van der Waals surface area (Å²) in [5.41, 5.74) is 0. The molecule has 0 spiro atoms. The van der Waals surface area contributed by atoms with Gasteiger partial charge in [-0.2, -0.15) is 0 Å². The molecule has 0 saturated carbocycles. The van der Waals surface area contributed by atoms with Crippen LogP contribution in [0.15, 0.2) is 16.2 Å². The van der Waals surface area contributed by atoms with Crippen molar-refractivity contribution in [3.8, 4) is 12.3 Å². The summed E-state index contributed by atoms with van der Waals surface area (Å²) < 4.78 is 3.39. The van der Waals surface area contributed by atoms with E-state index in [0.717, 1.165) is 0 Å². The molecule has 0 radical (unpaired) electrons. The molecular weight excluding hydrogens is 200 g/mol. The average Bonchev–Trinajstić information content (AvgIpc) is 2.14. The summed E-state index contributed by atoms with van der Waals surface area (Å²) in [6.07, 6.45) is 5.11. The zero-order valence-corrected chi connectivity index (χ0v) is 6.05. The van der Waals surface area contributed by atoms with Crippen LogP contribution in [-0.4, -0.2) is 20.4 Å². The Balaban J connectivity index is 3.04. The van der Waals surface area contributed by atoms with Crippen LogP contribution in [0, 0.1) is 12.3 Å². The number of terminal acetylenes is 1. The fourth-order valence-corrected chi connectivity index (χ4v) is 1.87. The molecule has 7 heavy (non-hydrogen) atoms. The number of rotatable bonds is 0. The van der Waals surface area contributed by atoms with Gasteiger partial charge in [-0.15, -0.1) is 0 Å². The van der Waals surface area contributed by atoms with Gasteiger partial charge in [-0.05, 0) is 0 Å². The van der Waals surface area contributed by atoms with Crippen LogP contribution in [-0.2, 0) is 0 Å². The SMILES string of the molecule is C#Cc1ccc[te]1. The van der Waals surface area contributed by atoms with Crippen molar-refractivity contribution < 1.29 is 0 Å². The molecule has 0 amide bonds. The van der Waals surface area contributed by atoms with Crippen LogP contribution in [0.2, 0.25) is 0 Å². The first-order valence-corrected chi connectivity index (χ1v) is 4.44. The molecule has 0 N–H and O–H groups in total. The van der Waals surface area contributed by atoms with E-state index in [9.17, 15) is 0 Å². The van der Waals surface area contributed by atoms with Gasteiger partial charge < -0.3 is 0 Å². The van der Waals surface area contributed by atoms with Gasteiger partial charge in [-0.3, -0.25) is 0 Å². The molecule has 0 saturated heterocycles. The molecule has 1 aromatic rings. The topological polar surface area (TPSA) is 0 Å². The third-order valence-corrected chi connectivity index (χ3v) is 2.95. The van der Waals surface area contributed by atoms with Gasteiger partial charge in [-0.25, -0.2) is 0 Å². The summed E-state index contributed by atoms with van der Waals surface area (Å²) in [5.74, 6) is 2.62. The van der Waals surface area contributed by atoms with E-state index in [0.29, 0.717) is 0 Å². The van der Waals surface area contributed by atoms with Crippen molar-refractivity contribution in [1.29, 1.82) is 0 Å². The molecule has 1 rings (SSSR count). The zero-order chi connectivity index (χ0) is 5.11. The summed E-state index contributed by atoms with van der Waals surface area (Å²) in [4.78, 5) is 0. The predicted molar refractivity (Wildman–Crippen MR) is 31.3 cm³/mol. The Morgan fingerprint density at radius 2 is 2.57 bits per heavy atom. The maximum absolute atomic E-state index is 5.11. The van der Waals surface area contributed by atoms with Crippen LogP contribution >= 0.6 is 0 Å². The molecule has 1 aromatic heterocycles. The third kappa shape index (κ3) is 1.10. The van der Waals surface area contributed by atoms with Gasteiger partial charge in [0.05, 0.1) is 0 Å². The van der Waals surface area contributed by atoms with E-state index in [1.54, 1.807) is 0 Å². The van der Waals surface area contributed by atoms with Crippen LogP contribution in [0.25, 0.3) is 0 Å². The monoisotopic (exact) mass is 206 g/mol. The predicted octanol–water partition coefficient (Wildman–Crippen LogP) is 0.725. The molecular formula is C6H4Te. The van der Waals surface area contributed by atoms with E-state index in [1.165, 1.54) is 3.58 Å². The molecule has 0 nitrogen and oxygen atoms in total. The molecule has 34 valence electrons. The minimum atomic E-state index is -0.0310. The summed E-state index contributed by atoms with van der Waals surface area (Å²) >= 11 is -0.0310. The Bertz CT molecular complexity index is 167. The van der Waals surface area contributed by atoms with Gasteiger partial charge in [0, 0.05) is 0 Å². The maximum atomic E-state index is 5.11. The van der Waals surface area contributed by atoms with Crippen molar-refractivity contribution in [2.75, 3.05) is 0 Å². The van der Waals surface area contributed by atoms with E-state index in [2.05, 4.69) is 10.0 Å². The first-order chi connectivity index (χ1) is 3.43. The van der Waals surface area contributed by atoms with Crippen molar-refractivity contribution in [2.24, 2.45) is 0 Å². The van der Waals surface area contributed by atoms with Crippen LogP contribution in [0.5, 0.6) is 0 Å². The van der Waals surface area contributed by atoms with Crippen LogP contribution < -0.4 is 0 Å². The van der Waals surface area contributed by atoms with Crippen molar-refractivity contribution in [1.82, 2.24) is 0 Å². The first kappa shape index (κ1) is 4.98. The second-order valence-corrected chi connectivity index (χ2v) is 3.83. The molecule has 0 atom stereocenters.